The third kappa shape index (κ3) is 4.16. The lowest BCUT2D eigenvalue weighted by atomic mass is 9.90. The van der Waals surface area contributed by atoms with Crippen LogP contribution in [-0.2, 0) is 10.0 Å². The van der Waals surface area contributed by atoms with E-state index in [1.807, 2.05) is 13.8 Å². The Hall–Kier alpha value is -1.18. The highest BCUT2D eigenvalue weighted by atomic mass is 32.2. The number of halogens is 1. The minimum absolute atomic E-state index is 0.0166. The van der Waals surface area contributed by atoms with Crippen LogP contribution >= 0.6 is 0 Å². The lowest BCUT2D eigenvalue weighted by Gasteiger charge is -2.24. The van der Waals surface area contributed by atoms with E-state index in [2.05, 4.69) is 4.72 Å². The van der Waals surface area contributed by atoms with E-state index >= 15 is 0 Å². The van der Waals surface area contributed by atoms with Crippen LogP contribution in [-0.4, -0.2) is 26.7 Å². The highest BCUT2D eigenvalue weighted by Gasteiger charge is 2.23. The van der Waals surface area contributed by atoms with Crippen molar-refractivity contribution >= 4 is 15.7 Å². The second kappa shape index (κ2) is 6.07. The summed E-state index contributed by atoms with van der Waals surface area (Å²) in [6, 6.07) is 2.22. The summed E-state index contributed by atoms with van der Waals surface area (Å²) in [6.45, 7) is 5.36. The van der Waals surface area contributed by atoms with Crippen molar-refractivity contribution in [2.24, 2.45) is 5.41 Å². The topological polar surface area (TPSA) is 92.4 Å². The van der Waals surface area contributed by atoms with Crippen molar-refractivity contribution in [3.63, 3.8) is 0 Å². The first-order valence-corrected chi connectivity index (χ1v) is 7.73. The summed E-state index contributed by atoms with van der Waals surface area (Å²) in [4.78, 5) is -0.0313. The number of aryl methyl sites for hydroxylation is 1. The number of sulfonamides is 1. The number of nitrogens with one attached hydrogen (secondary N) is 1. The van der Waals surface area contributed by atoms with Gasteiger partial charge in [0.15, 0.2) is 0 Å². The summed E-state index contributed by atoms with van der Waals surface area (Å²) in [7, 11) is -3.76. The van der Waals surface area contributed by atoms with E-state index in [-0.39, 0.29) is 29.1 Å². The molecule has 0 atom stereocenters. The fourth-order valence-corrected chi connectivity index (χ4v) is 3.22. The van der Waals surface area contributed by atoms with Crippen LogP contribution in [0, 0.1) is 18.2 Å². The summed E-state index contributed by atoms with van der Waals surface area (Å²) in [5.74, 6) is -0.637. The first kappa shape index (κ1) is 16.9. The fraction of sp³-hybridized carbons (Fsp3) is 0.538. The minimum atomic E-state index is -3.76. The summed E-state index contributed by atoms with van der Waals surface area (Å²) < 4.78 is 40.2. The van der Waals surface area contributed by atoms with Crippen LogP contribution in [0.15, 0.2) is 17.0 Å². The van der Waals surface area contributed by atoms with E-state index in [9.17, 15) is 12.8 Å². The van der Waals surface area contributed by atoms with Crippen LogP contribution in [0.3, 0.4) is 0 Å². The fourth-order valence-electron chi connectivity index (χ4n) is 1.72. The number of hydrogen-bond acceptors (Lipinski definition) is 4. The maximum Gasteiger partial charge on any atom is 0.240 e. The van der Waals surface area contributed by atoms with Crippen LogP contribution in [0.2, 0.25) is 0 Å². The Labute approximate surface area is 119 Å². The normalized spacial score (nSPS) is 12.7. The van der Waals surface area contributed by atoms with Gasteiger partial charge in [-0.15, -0.1) is 0 Å². The monoisotopic (exact) mass is 304 g/mol. The van der Waals surface area contributed by atoms with Crippen LogP contribution < -0.4 is 10.5 Å². The van der Waals surface area contributed by atoms with Crippen molar-refractivity contribution in [1.82, 2.24) is 4.72 Å². The van der Waals surface area contributed by atoms with E-state index in [0.29, 0.717) is 12.0 Å². The first-order valence-electron chi connectivity index (χ1n) is 6.25. The van der Waals surface area contributed by atoms with Gasteiger partial charge in [-0.1, -0.05) is 13.8 Å². The van der Waals surface area contributed by atoms with Crippen molar-refractivity contribution in [2.45, 2.75) is 32.1 Å². The van der Waals surface area contributed by atoms with Crippen molar-refractivity contribution in [2.75, 3.05) is 18.9 Å². The van der Waals surface area contributed by atoms with Crippen LogP contribution in [0.1, 0.15) is 25.8 Å². The van der Waals surface area contributed by atoms with E-state index in [1.165, 1.54) is 6.92 Å². The Morgan fingerprint density at radius 3 is 2.55 bits per heavy atom. The van der Waals surface area contributed by atoms with Gasteiger partial charge in [-0.3, -0.25) is 0 Å². The lowest BCUT2D eigenvalue weighted by Crippen LogP contribution is -2.35. The van der Waals surface area contributed by atoms with Gasteiger partial charge < -0.3 is 10.8 Å². The molecular weight excluding hydrogens is 283 g/mol. The molecule has 4 N–H and O–H groups in total. The second-order valence-corrected chi connectivity index (χ2v) is 7.34. The zero-order valence-electron chi connectivity index (χ0n) is 11.9. The number of aliphatic hydroxyl groups excluding tert-OH is 1. The number of rotatable bonds is 6. The van der Waals surface area contributed by atoms with Gasteiger partial charge in [0.25, 0.3) is 0 Å². The zero-order valence-corrected chi connectivity index (χ0v) is 12.7. The summed E-state index contributed by atoms with van der Waals surface area (Å²) in [5.41, 5.74) is 5.13. The van der Waals surface area contributed by atoms with Gasteiger partial charge in [-0.2, -0.15) is 0 Å². The Balaban J connectivity index is 2.98. The zero-order chi connectivity index (χ0) is 15.6. The highest BCUT2D eigenvalue weighted by Crippen LogP contribution is 2.23. The van der Waals surface area contributed by atoms with Gasteiger partial charge in [0.1, 0.15) is 5.82 Å². The standard InChI is InChI=1S/C13H21FN2O3S/c1-9-6-10(14)11(15)7-12(9)20(18,19)16-8-13(2,3)4-5-17/h6-7,16-17H,4-5,8,15H2,1-3H3. The highest BCUT2D eigenvalue weighted by molar-refractivity contribution is 7.89. The van der Waals surface area contributed by atoms with Crippen molar-refractivity contribution in [1.29, 1.82) is 0 Å². The molecule has 0 unspecified atom stereocenters. The number of anilines is 1. The molecule has 0 spiro atoms. The van der Waals surface area contributed by atoms with Gasteiger partial charge >= 0.3 is 0 Å². The first-order chi connectivity index (χ1) is 9.09. The molecule has 0 fully saturated rings. The molecule has 0 aliphatic carbocycles. The number of benzene rings is 1. The molecule has 0 amide bonds. The van der Waals surface area contributed by atoms with Gasteiger partial charge in [0.05, 0.1) is 10.6 Å². The van der Waals surface area contributed by atoms with E-state index < -0.39 is 15.8 Å². The molecule has 20 heavy (non-hydrogen) atoms. The van der Waals surface area contributed by atoms with Crippen LogP contribution in [0.5, 0.6) is 0 Å². The summed E-state index contributed by atoms with van der Waals surface area (Å²) in [6.07, 6.45) is 0.472. The number of nitrogens with two attached hydrogens (primary N) is 1. The Kier molecular flexibility index (Phi) is 5.12. The molecule has 0 aliphatic rings. The molecule has 0 saturated carbocycles. The molecule has 0 radical (unpaired) electrons. The number of aliphatic hydroxyl groups is 1. The van der Waals surface area contributed by atoms with Crippen molar-refractivity contribution in [3.05, 3.63) is 23.5 Å². The lowest BCUT2D eigenvalue weighted by molar-refractivity contribution is 0.213. The molecule has 0 aliphatic heterocycles. The predicted molar refractivity (Wildman–Crippen MR) is 76.2 cm³/mol. The average molecular weight is 304 g/mol. The molecule has 1 rings (SSSR count). The van der Waals surface area contributed by atoms with Gasteiger partial charge in [-0.25, -0.2) is 17.5 Å². The summed E-state index contributed by atoms with van der Waals surface area (Å²) in [5, 5.41) is 8.92. The maximum atomic E-state index is 13.3. The van der Waals surface area contributed by atoms with Crippen molar-refractivity contribution in [3.8, 4) is 0 Å². The minimum Gasteiger partial charge on any atom is -0.396 e. The predicted octanol–water partition coefficient (Wildman–Crippen LogP) is 1.40. The Morgan fingerprint density at radius 1 is 1.40 bits per heavy atom. The molecule has 0 saturated heterocycles. The van der Waals surface area contributed by atoms with E-state index in [0.717, 1.165) is 12.1 Å². The largest absolute Gasteiger partial charge is 0.396 e. The van der Waals surface area contributed by atoms with Gasteiger partial charge in [0.2, 0.25) is 10.0 Å². The Bertz CT molecular complexity index is 586. The molecule has 5 nitrogen and oxygen atoms in total. The van der Waals surface area contributed by atoms with Crippen LogP contribution in [0.4, 0.5) is 10.1 Å². The second-order valence-electron chi connectivity index (χ2n) is 5.60. The molecule has 1 aromatic carbocycles. The van der Waals surface area contributed by atoms with Gasteiger partial charge in [0, 0.05) is 13.2 Å². The van der Waals surface area contributed by atoms with E-state index in [1.54, 1.807) is 0 Å². The average Bonchev–Trinajstić information content (AvgIpc) is 2.31. The maximum absolute atomic E-state index is 13.3. The van der Waals surface area contributed by atoms with E-state index in [4.69, 9.17) is 10.8 Å². The summed E-state index contributed by atoms with van der Waals surface area (Å²) >= 11 is 0. The third-order valence-electron chi connectivity index (χ3n) is 3.11. The molecule has 7 heteroatoms. The Morgan fingerprint density at radius 2 is 2.00 bits per heavy atom. The SMILES string of the molecule is Cc1cc(F)c(N)cc1S(=O)(=O)NCC(C)(C)CCO. The molecule has 1 aromatic rings. The molecular formula is C13H21FN2O3S. The van der Waals surface area contributed by atoms with Crippen LogP contribution in [0.25, 0.3) is 0 Å². The molecule has 0 bridgehead atoms. The van der Waals surface area contributed by atoms with Gasteiger partial charge in [-0.05, 0) is 36.5 Å². The molecule has 114 valence electrons. The van der Waals surface area contributed by atoms with Crippen molar-refractivity contribution < 1.29 is 17.9 Å². The number of hydrogen-bond donors (Lipinski definition) is 3. The molecule has 0 aromatic heterocycles. The quantitative estimate of drug-likeness (QED) is 0.693. The number of nitrogen functional groups attached to an aromatic ring is 1. The third-order valence-corrected chi connectivity index (χ3v) is 4.66. The molecule has 0 heterocycles. The smallest absolute Gasteiger partial charge is 0.240 e.